The van der Waals surface area contributed by atoms with Crippen LogP contribution < -0.4 is 0 Å². The largest absolute Gasteiger partial charge is 0.466 e. The van der Waals surface area contributed by atoms with E-state index in [2.05, 4.69) is 4.74 Å². The molecule has 0 radical (unpaired) electrons. The summed E-state index contributed by atoms with van der Waals surface area (Å²) in [6, 6.07) is 0. The molecule has 0 saturated heterocycles. The summed E-state index contributed by atoms with van der Waals surface area (Å²) < 4.78 is 9.43. The number of esters is 2. The third-order valence-electron chi connectivity index (χ3n) is 1.77. The Kier molecular flexibility index (Phi) is 9.00. The number of ketones is 1. The topological polar surface area (TPSA) is 69.7 Å². The number of rotatable bonds is 8. The molecule has 6 heteroatoms. The van der Waals surface area contributed by atoms with Gasteiger partial charge in [-0.2, -0.15) is 0 Å². The minimum absolute atomic E-state index is 0.100. The average Bonchev–Trinajstić information content (AvgIpc) is 2.30. The number of carbonyl (C=O) groups is 3. The molecular weight excluding hydrogens is 256 g/mol. The Morgan fingerprint density at radius 1 is 1.06 bits per heavy atom. The summed E-state index contributed by atoms with van der Waals surface area (Å²) in [4.78, 5) is 34.5. The lowest BCUT2D eigenvalue weighted by Gasteiger charge is -2.06. The highest BCUT2D eigenvalue weighted by Crippen LogP contribution is 2.12. The van der Waals surface area contributed by atoms with Crippen LogP contribution in [0.2, 0.25) is 0 Å². The van der Waals surface area contributed by atoms with Crippen LogP contribution in [0.3, 0.4) is 0 Å². The van der Waals surface area contributed by atoms with Crippen LogP contribution in [0.25, 0.3) is 0 Å². The highest BCUT2D eigenvalue weighted by atomic mass is 32.2. The molecule has 0 aliphatic carbocycles. The molecule has 0 aromatic rings. The second-order valence-corrected chi connectivity index (χ2v) is 4.26. The van der Waals surface area contributed by atoms with Gasteiger partial charge in [0.1, 0.15) is 12.0 Å². The van der Waals surface area contributed by atoms with Gasteiger partial charge in [0.15, 0.2) is 5.78 Å². The van der Waals surface area contributed by atoms with Crippen molar-refractivity contribution in [2.45, 2.75) is 27.2 Å². The van der Waals surface area contributed by atoms with Gasteiger partial charge in [-0.05, 0) is 25.0 Å². The van der Waals surface area contributed by atoms with E-state index < -0.39 is 24.1 Å². The maximum absolute atomic E-state index is 11.8. The summed E-state index contributed by atoms with van der Waals surface area (Å²) in [5.74, 6) is -1.20. The fraction of sp³-hybridized carbons (Fsp3) is 0.583. The first-order valence-electron chi connectivity index (χ1n) is 5.74. The van der Waals surface area contributed by atoms with E-state index in [0.29, 0.717) is 0 Å². The van der Waals surface area contributed by atoms with Crippen molar-refractivity contribution in [2.75, 3.05) is 19.0 Å². The number of hydrogen-bond acceptors (Lipinski definition) is 6. The Morgan fingerprint density at radius 3 is 2.17 bits per heavy atom. The lowest BCUT2D eigenvalue weighted by atomic mass is 10.1. The van der Waals surface area contributed by atoms with Crippen molar-refractivity contribution in [3.05, 3.63) is 11.0 Å². The number of carbonyl (C=O) groups excluding carboxylic acids is 3. The molecule has 0 aliphatic rings. The smallest absolute Gasteiger partial charge is 0.342 e. The first-order valence-corrected chi connectivity index (χ1v) is 6.79. The maximum atomic E-state index is 11.8. The normalized spacial score (nSPS) is 10.9. The van der Waals surface area contributed by atoms with Gasteiger partial charge in [0, 0.05) is 0 Å². The van der Waals surface area contributed by atoms with Crippen LogP contribution in [0.1, 0.15) is 27.2 Å². The van der Waals surface area contributed by atoms with Crippen LogP contribution in [-0.2, 0) is 23.9 Å². The van der Waals surface area contributed by atoms with Crippen molar-refractivity contribution >= 4 is 29.5 Å². The summed E-state index contributed by atoms with van der Waals surface area (Å²) in [5.41, 5.74) is -0.100. The van der Waals surface area contributed by atoms with Crippen molar-refractivity contribution in [1.82, 2.24) is 0 Å². The monoisotopic (exact) mass is 274 g/mol. The standard InChI is InChI=1S/C12H18O5S/c1-4-16-11(14)7-10(13)9(8-18-6-3)12(15)17-5-2/h8H,4-7H2,1-3H3. The summed E-state index contributed by atoms with van der Waals surface area (Å²) in [6.07, 6.45) is -0.442. The van der Waals surface area contributed by atoms with Crippen molar-refractivity contribution in [2.24, 2.45) is 0 Å². The predicted molar refractivity (Wildman–Crippen MR) is 69.1 cm³/mol. The zero-order valence-corrected chi connectivity index (χ0v) is 11.7. The van der Waals surface area contributed by atoms with Crippen molar-refractivity contribution < 1.29 is 23.9 Å². The SMILES string of the molecule is CCOC(=O)CC(=O)C(=CSCC)C(=O)OCC. The van der Waals surface area contributed by atoms with Crippen molar-refractivity contribution in [3.8, 4) is 0 Å². The van der Waals surface area contributed by atoms with Gasteiger partial charge in [-0.15, -0.1) is 11.8 Å². The highest BCUT2D eigenvalue weighted by Gasteiger charge is 2.22. The van der Waals surface area contributed by atoms with Gasteiger partial charge in [0.2, 0.25) is 0 Å². The molecule has 0 unspecified atom stereocenters. The minimum Gasteiger partial charge on any atom is -0.466 e. The molecule has 0 aromatic heterocycles. The van der Waals surface area contributed by atoms with Crippen LogP contribution in [0, 0.1) is 0 Å². The van der Waals surface area contributed by atoms with Gasteiger partial charge in [-0.3, -0.25) is 9.59 Å². The molecule has 0 saturated carbocycles. The van der Waals surface area contributed by atoms with Crippen molar-refractivity contribution in [3.63, 3.8) is 0 Å². The molecule has 0 spiro atoms. The molecular formula is C12H18O5S. The van der Waals surface area contributed by atoms with Gasteiger partial charge in [0.05, 0.1) is 13.2 Å². The third-order valence-corrected chi connectivity index (χ3v) is 2.51. The fourth-order valence-electron chi connectivity index (χ4n) is 1.04. The molecule has 0 fully saturated rings. The number of thioether (sulfide) groups is 1. The molecule has 0 aliphatic heterocycles. The maximum Gasteiger partial charge on any atom is 0.342 e. The second kappa shape index (κ2) is 9.70. The lowest BCUT2D eigenvalue weighted by molar-refractivity contribution is -0.145. The minimum atomic E-state index is -0.701. The molecule has 0 N–H and O–H groups in total. The van der Waals surface area contributed by atoms with Gasteiger partial charge in [0.25, 0.3) is 0 Å². The van der Waals surface area contributed by atoms with Crippen LogP contribution >= 0.6 is 11.8 Å². The summed E-state index contributed by atoms with van der Waals surface area (Å²) in [6.45, 7) is 5.57. The summed E-state index contributed by atoms with van der Waals surface area (Å²) in [7, 11) is 0. The van der Waals surface area contributed by atoms with E-state index in [0.717, 1.165) is 5.75 Å². The second-order valence-electron chi connectivity index (χ2n) is 3.11. The van der Waals surface area contributed by atoms with Crippen LogP contribution in [0.15, 0.2) is 11.0 Å². The first-order chi connectivity index (χ1) is 8.56. The van der Waals surface area contributed by atoms with E-state index in [-0.39, 0.29) is 18.8 Å². The number of ether oxygens (including phenoxy) is 2. The van der Waals surface area contributed by atoms with E-state index in [1.54, 1.807) is 13.8 Å². The Balaban J connectivity index is 4.70. The molecule has 5 nitrogen and oxygen atoms in total. The Hall–Kier alpha value is -1.30. The van der Waals surface area contributed by atoms with Crippen LogP contribution in [-0.4, -0.2) is 36.7 Å². The van der Waals surface area contributed by atoms with Gasteiger partial charge < -0.3 is 9.47 Å². The summed E-state index contributed by atoms with van der Waals surface area (Å²) >= 11 is 1.30. The van der Waals surface area contributed by atoms with E-state index >= 15 is 0 Å². The molecule has 0 aromatic carbocycles. The number of hydrogen-bond donors (Lipinski definition) is 0. The quantitative estimate of drug-likeness (QED) is 0.290. The molecule has 0 bridgehead atoms. The van der Waals surface area contributed by atoms with Gasteiger partial charge in [-0.1, -0.05) is 6.92 Å². The summed E-state index contributed by atoms with van der Waals surface area (Å²) in [5, 5.41) is 1.43. The van der Waals surface area contributed by atoms with E-state index in [4.69, 9.17) is 4.74 Å². The molecule has 0 heterocycles. The van der Waals surface area contributed by atoms with Crippen molar-refractivity contribution in [1.29, 1.82) is 0 Å². The zero-order chi connectivity index (χ0) is 14.0. The molecule has 0 amide bonds. The van der Waals surface area contributed by atoms with E-state index in [1.165, 1.54) is 17.2 Å². The molecule has 0 atom stereocenters. The average molecular weight is 274 g/mol. The predicted octanol–water partition coefficient (Wildman–Crippen LogP) is 1.71. The highest BCUT2D eigenvalue weighted by molar-refractivity contribution is 8.02. The third kappa shape index (κ3) is 6.44. The van der Waals surface area contributed by atoms with E-state index in [1.807, 2.05) is 6.92 Å². The molecule has 0 rings (SSSR count). The van der Waals surface area contributed by atoms with Crippen LogP contribution in [0.4, 0.5) is 0 Å². The Bertz CT molecular complexity index is 335. The zero-order valence-electron chi connectivity index (χ0n) is 10.9. The Morgan fingerprint density at radius 2 is 1.67 bits per heavy atom. The first kappa shape index (κ1) is 16.7. The van der Waals surface area contributed by atoms with E-state index in [9.17, 15) is 14.4 Å². The van der Waals surface area contributed by atoms with Gasteiger partial charge >= 0.3 is 11.9 Å². The fourth-order valence-corrected chi connectivity index (χ4v) is 1.60. The van der Waals surface area contributed by atoms with Gasteiger partial charge in [-0.25, -0.2) is 4.79 Å². The number of Topliss-reactive ketones (excluding diaryl/α,β-unsaturated/α-hetero) is 1. The Labute approximate surface area is 111 Å². The molecule has 18 heavy (non-hydrogen) atoms. The van der Waals surface area contributed by atoms with Crippen LogP contribution in [0.5, 0.6) is 0 Å². The molecule has 102 valence electrons. The lowest BCUT2D eigenvalue weighted by Crippen LogP contribution is -2.19.